The second-order valence-electron chi connectivity index (χ2n) is 3.95. The Bertz CT molecular complexity index is 663. The minimum Gasteiger partial charge on any atom is -0.508 e. The molecule has 0 saturated heterocycles. The molecule has 3 aromatic rings. The zero-order chi connectivity index (χ0) is 13.1. The molecule has 2 aromatic carbocycles. The Kier molecular flexibility index (Phi) is 2.86. The zero-order valence-corrected chi connectivity index (χ0v) is 9.95. The highest BCUT2D eigenvalue weighted by molar-refractivity contribution is 5.56. The highest BCUT2D eigenvalue weighted by atomic mass is 16.4. The van der Waals surface area contributed by atoms with E-state index in [9.17, 15) is 5.11 Å². The van der Waals surface area contributed by atoms with Crippen LogP contribution in [0.3, 0.4) is 0 Å². The van der Waals surface area contributed by atoms with Gasteiger partial charge in [0.15, 0.2) is 0 Å². The van der Waals surface area contributed by atoms with E-state index in [0.29, 0.717) is 11.9 Å². The zero-order valence-electron chi connectivity index (χ0n) is 9.95. The summed E-state index contributed by atoms with van der Waals surface area (Å²) in [6.07, 6.45) is 0. The highest BCUT2D eigenvalue weighted by Gasteiger charge is 2.07. The molecule has 0 unspecified atom stereocenters. The molecule has 0 atom stereocenters. The molecule has 94 valence electrons. The minimum atomic E-state index is 0.209. The molecule has 5 nitrogen and oxygen atoms in total. The van der Waals surface area contributed by atoms with Crippen molar-refractivity contribution in [3.05, 3.63) is 54.6 Å². The van der Waals surface area contributed by atoms with Crippen molar-refractivity contribution in [2.24, 2.45) is 0 Å². The Balaban J connectivity index is 1.80. The molecule has 0 radical (unpaired) electrons. The molecular weight excluding hydrogens is 242 g/mol. The van der Waals surface area contributed by atoms with Crippen LogP contribution in [-0.2, 0) is 0 Å². The number of phenolic OH excluding ortho intramolecular Hbond substituents is 1. The van der Waals surface area contributed by atoms with Crippen molar-refractivity contribution >= 4 is 11.7 Å². The molecule has 0 aliphatic heterocycles. The summed E-state index contributed by atoms with van der Waals surface area (Å²) in [7, 11) is 0. The van der Waals surface area contributed by atoms with Crippen LogP contribution in [0.4, 0.5) is 11.7 Å². The third kappa shape index (κ3) is 2.55. The Labute approximate surface area is 109 Å². The standard InChI is InChI=1S/C14H11N3O2/c18-12-8-6-11(7-9-12)15-14-17-16-13(19-14)10-4-2-1-3-5-10/h1-9,18H,(H,15,17). The highest BCUT2D eigenvalue weighted by Crippen LogP contribution is 2.22. The molecule has 5 heteroatoms. The number of hydrogen-bond donors (Lipinski definition) is 2. The molecule has 0 aliphatic carbocycles. The third-order valence-electron chi connectivity index (χ3n) is 2.56. The Morgan fingerprint density at radius 2 is 1.63 bits per heavy atom. The van der Waals surface area contributed by atoms with Crippen molar-refractivity contribution in [1.82, 2.24) is 10.2 Å². The maximum absolute atomic E-state index is 9.20. The largest absolute Gasteiger partial charge is 0.508 e. The average Bonchev–Trinajstić information content (AvgIpc) is 2.91. The summed E-state index contributed by atoms with van der Waals surface area (Å²) in [5, 5.41) is 20.1. The van der Waals surface area contributed by atoms with Crippen molar-refractivity contribution in [1.29, 1.82) is 0 Å². The van der Waals surface area contributed by atoms with Crippen LogP contribution in [0.15, 0.2) is 59.0 Å². The number of anilines is 2. The van der Waals surface area contributed by atoms with E-state index in [0.717, 1.165) is 11.3 Å². The summed E-state index contributed by atoms with van der Waals surface area (Å²) < 4.78 is 5.51. The van der Waals surface area contributed by atoms with Gasteiger partial charge >= 0.3 is 6.01 Å². The number of rotatable bonds is 3. The molecule has 1 aromatic heterocycles. The number of aromatic nitrogens is 2. The van der Waals surface area contributed by atoms with E-state index in [1.54, 1.807) is 24.3 Å². The van der Waals surface area contributed by atoms with Gasteiger partial charge in [-0.05, 0) is 36.4 Å². The Morgan fingerprint density at radius 1 is 0.895 bits per heavy atom. The molecule has 0 spiro atoms. The number of nitrogens with one attached hydrogen (secondary N) is 1. The number of aromatic hydroxyl groups is 1. The Morgan fingerprint density at radius 3 is 2.37 bits per heavy atom. The lowest BCUT2D eigenvalue weighted by Gasteiger charge is -2.00. The van der Waals surface area contributed by atoms with E-state index in [-0.39, 0.29) is 5.75 Å². The molecule has 0 amide bonds. The minimum absolute atomic E-state index is 0.209. The van der Waals surface area contributed by atoms with Crippen LogP contribution in [0.1, 0.15) is 0 Å². The van der Waals surface area contributed by atoms with E-state index in [4.69, 9.17) is 4.42 Å². The molecule has 19 heavy (non-hydrogen) atoms. The van der Waals surface area contributed by atoms with Gasteiger partial charge in [-0.25, -0.2) is 0 Å². The molecule has 1 heterocycles. The first kappa shape index (κ1) is 11.3. The summed E-state index contributed by atoms with van der Waals surface area (Å²) in [5.74, 6) is 0.669. The monoisotopic (exact) mass is 253 g/mol. The van der Waals surface area contributed by atoms with Gasteiger partial charge in [0.2, 0.25) is 5.89 Å². The first-order valence-corrected chi connectivity index (χ1v) is 5.76. The number of hydrogen-bond acceptors (Lipinski definition) is 5. The van der Waals surface area contributed by atoms with Gasteiger partial charge in [0.25, 0.3) is 0 Å². The maximum atomic E-state index is 9.20. The fraction of sp³-hybridized carbons (Fsp3) is 0. The molecule has 3 rings (SSSR count). The van der Waals surface area contributed by atoms with Crippen LogP contribution in [0.5, 0.6) is 5.75 Å². The second kappa shape index (κ2) is 4.81. The van der Waals surface area contributed by atoms with Crippen LogP contribution in [0.25, 0.3) is 11.5 Å². The lowest BCUT2D eigenvalue weighted by Crippen LogP contribution is -1.89. The van der Waals surface area contributed by atoms with Gasteiger partial charge in [0.1, 0.15) is 5.75 Å². The van der Waals surface area contributed by atoms with Crippen molar-refractivity contribution in [3.63, 3.8) is 0 Å². The third-order valence-corrected chi connectivity index (χ3v) is 2.56. The van der Waals surface area contributed by atoms with Gasteiger partial charge < -0.3 is 14.8 Å². The van der Waals surface area contributed by atoms with E-state index in [1.165, 1.54) is 0 Å². The molecule has 0 saturated carbocycles. The molecular formula is C14H11N3O2. The van der Waals surface area contributed by atoms with Gasteiger partial charge in [-0.3, -0.25) is 0 Å². The summed E-state index contributed by atoms with van der Waals surface area (Å²) in [5.41, 5.74) is 1.63. The smallest absolute Gasteiger partial charge is 0.320 e. The lowest BCUT2D eigenvalue weighted by atomic mass is 10.2. The Hall–Kier alpha value is -2.82. The summed E-state index contributed by atoms with van der Waals surface area (Å²) in [6.45, 7) is 0. The number of phenols is 1. The van der Waals surface area contributed by atoms with E-state index in [1.807, 2.05) is 30.3 Å². The van der Waals surface area contributed by atoms with Crippen LogP contribution >= 0.6 is 0 Å². The number of nitrogens with zero attached hydrogens (tertiary/aromatic N) is 2. The number of benzene rings is 2. The van der Waals surface area contributed by atoms with Crippen molar-refractivity contribution in [3.8, 4) is 17.2 Å². The predicted molar refractivity (Wildman–Crippen MR) is 71.1 cm³/mol. The van der Waals surface area contributed by atoms with E-state index >= 15 is 0 Å². The first-order valence-electron chi connectivity index (χ1n) is 5.76. The van der Waals surface area contributed by atoms with E-state index < -0.39 is 0 Å². The summed E-state index contributed by atoms with van der Waals surface area (Å²) >= 11 is 0. The van der Waals surface area contributed by atoms with Gasteiger partial charge in [-0.15, -0.1) is 5.10 Å². The van der Waals surface area contributed by atoms with Crippen molar-refractivity contribution < 1.29 is 9.52 Å². The van der Waals surface area contributed by atoms with Crippen LogP contribution in [-0.4, -0.2) is 15.3 Å². The van der Waals surface area contributed by atoms with Gasteiger partial charge in [-0.1, -0.05) is 23.3 Å². The van der Waals surface area contributed by atoms with Gasteiger partial charge in [-0.2, -0.15) is 0 Å². The summed E-state index contributed by atoms with van der Waals surface area (Å²) in [4.78, 5) is 0. The van der Waals surface area contributed by atoms with Gasteiger partial charge in [0.05, 0.1) is 0 Å². The molecule has 0 fully saturated rings. The molecule has 0 aliphatic rings. The fourth-order valence-corrected chi connectivity index (χ4v) is 1.64. The molecule has 0 bridgehead atoms. The summed E-state index contributed by atoms with van der Waals surface area (Å²) in [6, 6.07) is 16.5. The molecule has 2 N–H and O–H groups in total. The SMILES string of the molecule is Oc1ccc(Nc2nnc(-c3ccccc3)o2)cc1. The van der Waals surface area contributed by atoms with Gasteiger partial charge in [0, 0.05) is 11.3 Å². The van der Waals surface area contributed by atoms with E-state index in [2.05, 4.69) is 15.5 Å². The topological polar surface area (TPSA) is 71.2 Å². The predicted octanol–water partition coefficient (Wildman–Crippen LogP) is 3.19. The average molecular weight is 253 g/mol. The maximum Gasteiger partial charge on any atom is 0.320 e. The second-order valence-corrected chi connectivity index (χ2v) is 3.95. The van der Waals surface area contributed by atoms with Crippen LogP contribution < -0.4 is 5.32 Å². The quantitative estimate of drug-likeness (QED) is 0.701. The fourth-order valence-electron chi connectivity index (χ4n) is 1.64. The van der Waals surface area contributed by atoms with Crippen molar-refractivity contribution in [2.75, 3.05) is 5.32 Å². The van der Waals surface area contributed by atoms with Crippen LogP contribution in [0.2, 0.25) is 0 Å². The van der Waals surface area contributed by atoms with Crippen LogP contribution in [0, 0.1) is 0 Å². The van der Waals surface area contributed by atoms with Crippen molar-refractivity contribution in [2.45, 2.75) is 0 Å². The normalized spacial score (nSPS) is 10.3. The lowest BCUT2D eigenvalue weighted by molar-refractivity contribution is 0.475. The first-order chi connectivity index (χ1) is 9.31.